The Bertz CT molecular complexity index is 728. The second-order valence-electron chi connectivity index (χ2n) is 9.23. The average Bonchev–Trinajstić information content (AvgIpc) is 3.49. The van der Waals surface area contributed by atoms with Crippen molar-refractivity contribution in [3.05, 3.63) is 42.5 Å². The van der Waals surface area contributed by atoms with Crippen LogP contribution in [0.5, 0.6) is 5.75 Å². The molecule has 4 atom stereocenters. The van der Waals surface area contributed by atoms with Crippen molar-refractivity contribution in [3.8, 4) is 5.75 Å². The molecular weight excluding hydrogens is 390 g/mol. The number of allylic oxidation sites excluding steroid dienone is 2. The Morgan fingerprint density at radius 2 is 1.90 bits per heavy atom. The molecule has 31 heavy (non-hydrogen) atoms. The van der Waals surface area contributed by atoms with E-state index < -0.39 is 6.10 Å². The van der Waals surface area contributed by atoms with E-state index in [1.165, 1.54) is 0 Å². The zero-order valence-corrected chi connectivity index (χ0v) is 18.7. The van der Waals surface area contributed by atoms with Gasteiger partial charge in [0.15, 0.2) is 5.78 Å². The number of benzene rings is 1. The number of hydrogen-bond donors (Lipinski definition) is 2. The summed E-state index contributed by atoms with van der Waals surface area (Å²) < 4.78 is 5.66. The van der Waals surface area contributed by atoms with Gasteiger partial charge in [0.05, 0.1) is 6.10 Å². The minimum atomic E-state index is -0.554. The lowest BCUT2D eigenvalue weighted by molar-refractivity contribution is -0.121. The topological polar surface area (TPSA) is 75.6 Å². The van der Waals surface area contributed by atoms with Crippen LogP contribution in [0.25, 0.3) is 0 Å². The molecule has 0 aromatic heterocycles. The minimum absolute atomic E-state index is 0.0235. The summed E-state index contributed by atoms with van der Waals surface area (Å²) in [6.45, 7) is 2.38. The molecule has 1 aromatic rings. The predicted molar refractivity (Wildman–Crippen MR) is 122 cm³/mol. The van der Waals surface area contributed by atoms with Gasteiger partial charge in [0, 0.05) is 18.4 Å². The van der Waals surface area contributed by atoms with Gasteiger partial charge in [-0.2, -0.15) is 0 Å². The number of hydrogen-bond acceptors (Lipinski definition) is 4. The van der Waals surface area contributed by atoms with Gasteiger partial charge in [-0.15, -0.1) is 0 Å². The Labute approximate surface area is 186 Å². The molecule has 0 radical (unpaired) electrons. The number of ether oxygens (including phenoxy) is 1. The molecule has 4 unspecified atom stereocenters. The molecule has 0 spiro atoms. The number of ketones is 1. The fourth-order valence-electron chi connectivity index (χ4n) is 4.47. The highest BCUT2D eigenvalue weighted by Gasteiger charge is 2.34. The van der Waals surface area contributed by atoms with Crippen LogP contribution in [0.4, 0.5) is 0 Å². The second-order valence-corrected chi connectivity index (χ2v) is 9.23. The number of carbonyl (C=O) groups excluding carboxylic acids is 2. The molecular formula is C26H37NO4. The maximum absolute atomic E-state index is 12.4. The highest BCUT2D eigenvalue weighted by Crippen LogP contribution is 2.35. The normalized spacial score (nSPS) is 22.3. The Balaban J connectivity index is 1.32. The number of nitrogens with one attached hydrogen (secondary N) is 1. The van der Waals surface area contributed by atoms with Gasteiger partial charge in [0.2, 0.25) is 5.91 Å². The van der Waals surface area contributed by atoms with Crippen LogP contribution in [0.2, 0.25) is 0 Å². The molecule has 0 saturated heterocycles. The van der Waals surface area contributed by atoms with E-state index in [-0.39, 0.29) is 36.1 Å². The molecule has 1 amide bonds. The van der Waals surface area contributed by atoms with Crippen LogP contribution in [-0.2, 0) is 9.59 Å². The summed E-state index contributed by atoms with van der Waals surface area (Å²) in [5.41, 5.74) is 0. The quantitative estimate of drug-likeness (QED) is 0.430. The third-order valence-electron chi connectivity index (χ3n) is 6.41. The van der Waals surface area contributed by atoms with Gasteiger partial charge in [0.1, 0.15) is 12.4 Å². The summed E-state index contributed by atoms with van der Waals surface area (Å²) in [7, 11) is 0. The van der Waals surface area contributed by atoms with Crippen molar-refractivity contribution in [2.24, 2.45) is 17.8 Å². The van der Waals surface area contributed by atoms with Crippen molar-refractivity contribution in [2.75, 3.05) is 6.61 Å². The lowest BCUT2D eigenvalue weighted by Gasteiger charge is -2.26. The van der Waals surface area contributed by atoms with Crippen LogP contribution < -0.4 is 10.1 Å². The molecule has 3 rings (SSSR count). The SMILES string of the molecule is CC(CC(O)COc1ccccc1)C1C=CC(=O)C1CCCCCCC(=O)NC1CC1. The highest BCUT2D eigenvalue weighted by atomic mass is 16.5. The monoisotopic (exact) mass is 427 g/mol. The summed E-state index contributed by atoms with van der Waals surface area (Å²) in [5, 5.41) is 13.4. The van der Waals surface area contributed by atoms with Crippen LogP contribution in [0.15, 0.2) is 42.5 Å². The average molecular weight is 428 g/mol. The molecule has 5 heteroatoms. The fourth-order valence-corrected chi connectivity index (χ4v) is 4.47. The highest BCUT2D eigenvalue weighted by molar-refractivity contribution is 5.94. The zero-order chi connectivity index (χ0) is 22.1. The first-order valence-electron chi connectivity index (χ1n) is 11.9. The lowest BCUT2D eigenvalue weighted by atomic mass is 9.79. The third-order valence-corrected chi connectivity index (χ3v) is 6.41. The van der Waals surface area contributed by atoms with E-state index in [0.29, 0.717) is 18.9 Å². The summed E-state index contributed by atoms with van der Waals surface area (Å²) >= 11 is 0. The standard InChI is InChI=1S/C26H37NO4/c1-19(17-21(28)18-31-22-9-5-4-6-10-22)23-15-16-25(29)24(23)11-7-2-3-8-12-26(30)27-20-13-14-20/h4-6,9-10,15-16,19-21,23-24,28H,2-3,7-8,11-14,17-18H2,1H3,(H,27,30). The number of aliphatic hydroxyl groups is 1. The van der Waals surface area contributed by atoms with Crippen molar-refractivity contribution >= 4 is 11.7 Å². The summed E-state index contributed by atoms with van der Waals surface area (Å²) in [6.07, 6.45) is 11.6. The fraction of sp³-hybridized carbons (Fsp3) is 0.615. The van der Waals surface area contributed by atoms with Gasteiger partial charge in [-0.3, -0.25) is 9.59 Å². The molecule has 0 aliphatic heterocycles. The Morgan fingerprint density at radius 3 is 2.65 bits per heavy atom. The third kappa shape index (κ3) is 8.13. The number of amides is 1. The molecule has 2 aliphatic carbocycles. The van der Waals surface area contributed by atoms with Crippen LogP contribution in [0.3, 0.4) is 0 Å². The first kappa shape index (κ1) is 23.5. The van der Waals surface area contributed by atoms with Gasteiger partial charge in [-0.1, -0.05) is 50.5 Å². The van der Waals surface area contributed by atoms with E-state index in [1.54, 1.807) is 6.08 Å². The van der Waals surface area contributed by atoms with Crippen LogP contribution in [-0.4, -0.2) is 35.5 Å². The van der Waals surface area contributed by atoms with Crippen molar-refractivity contribution in [1.82, 2.24) is 5.32 Å². The first-order valence-corrected chi connectivity index (χ1v) is 11.9. The van der Waals surface area contributed by atoms with E-state index in [0.717, 1.165) is 50.7 Å². The molecule has 5 nitrogen and oxygen atoms in total. The number of unbranched alkanes of at least 4 members (excludes halogenated alkanes) is 3. The lowest BCUT2D eigenvalue weighted by Crippen LogP contribution is -2.27. The largest absolute Gasteiger partial charge is 0.491 e. The van der Waals surface area contributed by atoms with Crippen molar-refractivity contribution in [3.63, 3.8) is 0 Å². The van der Waals surface area contributed by atoms with Gasteiger partial charge in [0.25, 0.3) is 0 Å². The van der Waals surface area contributed by atoms with Crippen LogP contribution in [0, 0.1) is 17.8 Å². The van der Waals surface area contributed by atoms with E-state index in [1.807, 2.05) is 36.4 Å². The van der Waals surface area contributed by atoms with E-state index in [2.05, 4.69) is 12.2 Å². The maximum Gasteiger partial charge on any atom is 0.220 e. The molecule has 0 bridgehead atoms. The van der Waals surface area contributed by atoms with Crippen LogP contribution >= 0.6 is 0 Å². The van der Waals surface area contributed by atoms with Crippen LogP contribution in [0.1, 0.15) is 64.7 Å². The molecule has 170 valence electrons. The summed E-state index contributed by atoms with van der Waals surface area (Å²) in [5.74, 6) is 1.58. The number of aliphatic hydroxyl groups excluding tert-OH is 1. The van der Waals surface area contributed by atoms with Crippen molar-refractivity contribution in [1.29, 1.82) is 0 Å². The minimum Gasteiger partial charge on any atom is -0.491 e. The maximum atomic E-state index is 12.4. The molecule has 0 heterocycles. The number of para-hydroxylation sites is 1. The first-order chi connectivity index (χ1) is 15.0. The Kier molecular flexibility index (Phi) is 9.13. The van der Waals surface area contributed by atoms with E-state index in [9.17, 15) is 14.7 Å². The van der Waals surface area contributed by atoms with Crippen molar-refractivity contribution < 1.29 is 19.4 Å². The van der Waals surface area contributed by atoms with Gasteiger partial charge in [-0.25, -0.2) is 0 Å². The molecule has 1 fully saturated rings. The van der Waals surface area contributed by atoms with Gasteiger partial charge < -0.3 is 15.2 Å². The van der Waals surface area contributed by atoms with E-state index >= 15 is 0 Å². The number of carbonyl (C=O) groups is 2. The Morgan fingerprint density at radius 1 is 1.16 bits per heavy atom. The molecule has 2 aliphatic rings. The smallest absolute Gasteiger partial charge is 0.220 e. The zero-order valence-electron chi connectivity index (χ0n) is 18.7. The molecule has 1 saturated carbocycles. The summed E-state index contributed by atoms with van der Waals surface area (Å²) in [6, 6.07) is 9.95. The molecule has 2 N–H and O–H groups in total. The molecule has 1 aromatic carbocycles. The van der Waals surface area contributed by atoms with Gasteiger partial charge >= 0.3 is 0 Å². The van der Waals surface area contributed by atoms with E-state index in [4.69, 9.17) is 4.74 Å². The van der Waals surface area contributed by atoms with Gasteiger partial charge in [-0.05, 0) is 62.1 Å². The van der Waals surface area contributed by atoms with Crippen molar-refractivity contribution in [2.45, 2.75) is 76.9 Å². The second kappa shape index (κ2) is 12.0. The number of rotatable bonds is 14. The summed E-state index contributed by atoms with van der Waals surface area (Å²) in [4.78, 5) is 24.1. The Hall–Kier alpha value is -2.14. The predicted octanol–water partition coefficient (Wildman–Crippen LogP) is 4.44.